The first-order chi connectivity index (χ1) is 23.9. The lowest BCUT2D eigenvalue weighted by Crippen LogP contribution is -2.66. The second-order valence-electron chi connectivity index (χ2n) is 13.5. The number of nitrogens with two attached hydrogens (primary N) is 1. The number of aliphatic hydroxyl groups excluding tert-OH is 8. The summed E-state index contributed by atoms with van der Waals surface area (Å²) in [5.41, 5.74) is 3.88. The highest BCUT2D eigenvalue weighted by atomic mass is 16.7. The van der Waals surface area contributed by atoms with Crippen LogP contribution in [0.1, 0.15) is 104 Å². The summed E-state index contributed by atoms with van der Waals surface area (Å²) in [5.74, 6) is -1.19. The van der Waals surface area contributed by atoms with E-state index in [0.717, 1.165) is 44.9 Å². The number of hydrogen-bond donors (Lipinski definition) is 10. The predicted molar refractivity (Wildman–Crippen MR) is 186 cm³/mol. The summed E-state index contributed by atoms with van der Waals surface area (Å²) in [6.07, 6.45) is 4.34. The molecular formula is C35H67N3O12. The second kappa shape index (κ2) is 26.1. The van der Waals surface area contributed by atoms with E-state index in [1.165, 1.54) is 50.3 Å². The van der Waals surface area contributed by atoms with Gasteiger partial charge in [-0.3, -0.25) is 9.59 Å². The van der Waals surface area contributed by atoms with Gasteiger partial charge in [0.05, 0.1) is 13.2 Å². The number of nitrogens with zero attached hydrogens (tertiary/aromatic N) is 1. The van der Waals surface area contributed by atoms with Crippen LogP contribution in [-0.2, 0) is 19.1 Å². The molecule has 1 aliphatic heterocycles. The van der Waals surface area contributed by atoms with Crippen molar-refractivity contribution in [1.82, 2.24) is 10.2 Å². The average molecular weight is 722 g/mol. The third-order valence-corrected chi connectivity index (χ3v) is 9.15. The van der Waals surface area contributed by atoms with Crippen molar-refractivity contribution in [3.8, 4) is 0 Å². The Morgan fingerprint density at radius 3 is 2.04 bits per heavy atom. The van der Waals surface area contributed by atoms with Gasteiger partial charge < -0.3 is 66.3 Å². The number of unbranched alkanes of at least 4 members (excludes halogenated alkanes) is 11. The molecule has 1 saturated heterocycles. The van der Waals surface area contributed by atoms with Crippen molar-refractivity contribution in [2.45, 2.75) is 158 Å². The van der Waals surface area contributed by atoms with E-state index in [9.17, 15) is 50.4 Å². The first kappa shape index (κ1) is 46.3. The van der Waals surface area contributed by atoms with Gasteiger partial charge in [0.15, 0.2) is 12.4 Å². The average Bonchev–Trinajstić information content (AvgIpc) is 3.11. The van der Waals surface area contributed by atoms with E-state index in [0.29, 0.717) is 6.42 Å². The number of hydrogen-bond acceptors (Lipinski definition) is 13. The maximum Gasteiger partial charge on any atom is 0.251 e. The lowest BCUT2D eigenvalue weighted by Gasteiger charge is -2.47. The van der Waals surface area contributed by atoms with Crippen molar-refractivity contribution in [2.75, 3.05) is 39.4 Å². The van der Waals surface area contributed by atoms with E-state index in [-0.39, 0.29) is 32.1 Å². The molecule has 15 heteroatoms. The smallest absolute Gasteiger partial charge is 0.251 e. The van der Waals surface area contributed by atoms with Crippen molar-refractivity contribution < 1.29 is 59.9 Å². The zero-order chi connectivity index (χ0) is 37.5. The van der Waals surface area contributed by atoms with Crippen LogP contribution in [-0.4, -0.2) is 152 Å². The lowest BCUT2D eigenvalue weighted by molar-refractivity contribution is -0.353. The minimum Gasteiger partial charge on any atom is -0.394 e. The largest absolute Gasteiger partial charge is 0.394 e. The molecule has 0 saturated carbocycles. The fourth-order valence-electron chi connectivity index (χ4n) is 5.79. The molecule has 0 aromatic carbocycles. The van der Waals surface area contributed by atoms with E-state index in [1.54, 1.807) is 0 Å². The Morgan fingerprint density at radius 1 is 0.900 bits per heavy atom. The summed E-state index contributed by atoms with van der Waals surface area (Å²) in [7, 11) is 0. The van der Waals surface area contributed by atoms with Crippen LogP contribution in [0.3, 0.4) is 0 Å². The van der Waals surface area contributed by atoms with Gasteiger partial charge >= 0.3 is 0 Å². The van der Waals surface area contributed by atoms with Gasteiger partial charge in [0.25, 0.3) is 5.91 Å². The molecule has 11 N–H and O–H groups in total. The van der Waals surface area contributed by atoms with E-state index in [2.05, 4.69) is 24.4 Å². The predicted octanol–water partition coefficient (Wildman–Crippen LogP) is -0.422. The van der Waals surface area contributed by atoms with E-state index >= 15 is 0 Å². The van der Waals surface area contributed by atoms with Crippen LogP contribution in [0, 0.1) is 0 Å². The molecule has 294 valence electrons. The van der Waals surface area contributed by atoms with Crippen molar-refractivity contribution in [1.29, 1.82) is 0 Å². The highest BCUT2D eigenvalue weighted by Gasteiger charge is 2.52. The Bertz CT molecular complexity index is 947. The Balaban J connectivity index is 2.48. The summed E-state index contributed by atoms with van der Waals surface area (Å²) in [6.45, 7) is 2.13. The number of rotatable bonds is 28. The molecule has 1 aliphatic rings. The van der Waals surface area contributed by atoms with Gasteiger partial charge in [-0.1, -0.05) is 70.4 Å². The highest BCUT2D eigenvalue weighted by molar-refractivity contribution is 5.81. The van der Waals surface area contributed by atoms with Gasteiger partial charge in [0.2, 0.25) is 5.91 Å². The molecule has 0 spiro atoms. The van der Waals surface area contributed by atoms with E-state index in [1.807, 2.05) is 0 Å². The molecule has 0 aliphatic carbocycles. The molecule has 2 amide bonds. The Morgan fingerprint density at radius 2 is 1.48 bits per heavy atom. The molecule has 1 rings (SSSR count). The third-order valence-electron chi connectivity index (χ3n) is 9.15. The minimum atomic E-state index is -2.20. The van der Waals surface area contributed by atoms with Crippen LogP contribution in [0.4, 0.5) is 0 Å². The molecule has 0 bridgehead atoms. The summed E-state index contributed by atoms with van der Waals surface area (Å²) in [6, 6.07) is 0. The van der Waals surface area contributed by atoms with Crippen LogP contribution in [0.5, 0.6) is 0 Å². The number of amides is 2. The minimum absolute atomic E-state index is 0.0851. The topological polar surface area (TPSA) is 256 Å². The molecule has 0 aromatic rings. The zero-order valence-electron chi connectivity index (χ0n) is 30.2. The molecule has 50 heavy (non-hydrogen) atoms. The maximum atomic E-state index is 12.8. The second-order valence-corrected chi connectivity index (χ2v) is 13.5. The summed E-state index contributed by atoms with van der Waals surface area (Å²) >= 11 is 0. The van der Waals surface area contributed by atoms with Crippen molar-refractivity contribution in [3.63, 3.8) is 0 Å². The van der Waals surface area contributed by atoms with Crippen molar-refractivity contribution >= 4 is 11.8 Å². The monoisotopic (exact) mass is 721 g/mol. The normalized spacial score (nSPS) is 24.9. The van der Waals surface area contributed by atoms with E-state index in [4.69, 9.17) is 15.2 Å². The van der Waals surface area contributed by atoms with Gasteiger partial charge in [-0.2, -0.15) is 0 Å². The Kier molecular flexibility index (Phi) is 24.1. The fraction of sp³-hybridized carbons (Fsp3) is 0.886. The molecule has 15 nitrogen and oxygen atoms in total. The van der Waals surface area contributed by atoms with Gasteiger partial charge in [-0.15, -0.1) is 0 Å². The summed E-state index contributed by atoms with van der Waals surface area (Å²) in [5, 5.41) is 83.8. The summed E-state index contributed by atoms with van der Waals surface area (Å²) < 4.78 is 10.8. The van der Waals surface area contributed by atoms with Gasteiger partial charge in [-0.05, 0) is 39.0 Å². The first-order valence-electron chi connectivity index (χ1n) is 18.4. The maximum absolute atomic E-state index is 12.8. The molecule has 0 aromatic heterocycles. The van der Waals surface area contributed by atoms with Gasteiger partial charge in [0, 0.05) is 32.6 Å². The molecule has 1 fully saturated rings. The third kappa shape index (κ3) is 16.3. The summed E-state index contributed by atoms with van der Waals surface area (Å²) in [4.78, 5) is 27.0. The SMILES string of the molecule is CCCCCCCC/C=C/CCCCCCCC(=O)N(CCN)CCNC(=O)C(O)C(O)C(O[C@@H]1OC(C)(CO)[C@H](O)[C@H](O)C1O)C(O)CO. The quantitative estimate of drug-likeness (QED) is 0.0364. The van der Waals surface area contributed by atoms with Gasteiger partial charge in [-0.25, -0.2) is 0 Å². The Hall–Kier alpha value is -1.76. The fourth-order valence-corrected chi connectivity index (χ4v) is 5.79. The number of carbonyl (C=O) groups is 2. The van der Waals surface area contributed by atoms with Crippen LogP contribution in [0.2, 0.25) is 0 Å². The number of carbonyl (C=O) groups excluding carboxylic acids is 2. The first-order valence-corrected chi connectivity index (χ1v) is 18.4. The molecule has 9 atom stereocenters. The zero-order valence-corrected chi connectivity index (χ0v) is 30.2. The van der Waals surface area contributed by atoms with Crippen LogP contribution >= 0.6 is 0 Å². The number of nitrogens with one attached hydrogen (secondary N) is 1. The standard InChI is InChI=1S/C35H67N3O12/c1-3-4-5-6-7-8-9-10-11-12-13-14-15-16-17-18-26(42)38(21-19-36)22-20-37-33(48)29(45)27(43)31(25(41)23-39)49-34-30(46)28(44)32(47)35(2,24-40)50-34/h10-11,25,27-32,34,39-41,43-47H,3-9,12-24,36H2,1-2H3,(H,37,48)/b11-10+/t25?,27?,28-,29?,30?,31?,32-,34-,35?/m1/s1. The van der Waals surface area contributed by atoms with Crippen LogP contribution in [0.15, 0.2) is 12.2 Å². The van der Waals surface area contributed by atoms with Crippen LogP contribution < -0.4 is 11.1 Å². The van der Waals surface area contributed by atoms with Crippen molar-refractivity contribution in [3.05, 3.63) is 12.2 Å². The highest BCUT2D eigenvalue weighted by Crippen LogP contribution is 2.31. The molecule has 0 radical (unpaired) electrons. The number of aliphatic hydroxyl groups is 8. The molecular weight excluding hydrogens is 654 g/mol. The van der Waals surface area contributed by atoms with Crippen LogP contribution in [0.25, 0.3) is 0 Å². The van der Waals surface area contributed by atoms with E-state index < -0.39 is 73.7 Å². The van der Waals surface area contributed by atoms with Crippen molar-refractivity contribution in [2.24, 2.45) is 5.73 Å². The molecule has 1 heterocycles. The molecule has 6 unspecified atom stereocenters. The lowest BCUT2D eigenvalue weighted by atomic mass is 9.89. The number of ether oxygens (including phenoxy) is 2. The Labute approximate surface area is 297 Å². The van der Waals surface area contributed by atoms with Gasteiger partial charge in [0.1, 0.15) is 42.2 Å². The number of allylic oxidation sites excluding steroid dienone is 2.